The Morgan fingerprint density at radius 1 is 1.53 bits per heavy atom. The topological polar surface area (TPSA) is 64.9 Å². The Bertz CT molecular complexity index is 559. The van der Waals surface area contributed by atoms with Gasteiger partial charge in [0, 0.05) is 23.3 Å². The zero-order valence-corrected chi connectivity index (χ0v) is 10.0. The highest BCUT2D eigenvalue weighted by molar-refractivity contribution is 6.32. The molecule has 0 aromatic carbocycles. The lowest BCUT2D eigenvalue weighted by Crippen LogP contribution is -2.19. The van der Waals surface area contributed by atoms with Crippen LogP contribution in [0.2, 0.25) is 5.02 Å². The number of aromatic nitrogens is 2. The van der Waals surface area contributed by atoms with Gasteiger partial charge in [0.15, 0.2) is 0 Å². The van der Waals surface area contributed by atoms with E-state index >= 15 is 0 Å². The van der Waals surface area contributed by atoms with E-state index in [1.807, 2.05) is 12.3 Å². The van der Waals surface area contributed by atoms with Crippen LogP contribution in [-0.4, -0.2) is 9.97 Å². The van der Waals surface area contributed by atoms with E-state index in [1.165, 1.54) is 6.42 Å². The molecule has 1 aliphatic carbocycles. The molecule has 1 atom stereocenters. The number of rotatable bonds is 3. The minimum atomic E-state index is -0.113. The van der Waals surface area contributed by atoms with Gasteiger partial charge in [0.05, 0.1) is 5.02 Å². The maximum Gasteiger partial charge on any atom is 0.137 e. The Hall–Kier alpha value is -1.42. The van der Waals surface area contributed by atoms with Crippen LogP contribution < -0.4 is 0 Å². The van der Waals surface area contributed by atoms with Crippen molar-refractivity contribution in [3.8, 4) is 0 Å². The number of hydrogen-bond donors (Lipinski definition) is 2. The van der Waals surface area contributed by atoms with Gasteiger partial charge in [-0.2, -0.15) is 5.11 Å². The third-order valence-corrected chi connectivity index (χ3v) is 3.91. The fourth-order valence-corrected chi connectivity index (χ4v) is 2.73. The van der Waals surface area contributed by atoms with Gasteiger partial charge in [0.2, 0.25) is 0 Å². The Morgan fingerprint density at radius 3 is 3.00 bits per heavy atom. The van der Waals surface area contributed by atoms with Crippen molar-refractivity contribution in [2.24, 2.45) is 11.0 Å². The van der Waals surface area contributed by atoms with E-state index in [1.54, 1.807) is 6.20 Å². The van der Waals surface area contributed by atoms with E-state index in [2.05, 4.69) is 15.1 Å². The number of nitrogens with zero attached hydrogens (tertiary/aromatic N) is 2. The predicted molar refractivity (Wildman–Crippen MR) is 66.3 cm³/mol. The largest absolute Gasteiger partial charge is 0.346 e. The van der Waals surface area contributed by atoms with Crippen molar-refractivity contribution in [2.45, 2.75) is 25.3 Å². The Morgan fingerprint density at radius 2 is 2.35 bits per heavy atom. The molecule has 3 rings (SSSR count). The lowest BCUT2D eigenvalue weighted by molar-refractivity contribution is 0.258. The molecule has 0 saturated heterocycles. The van der Waals surface area contributed by atoms with Gasteiger partial charge >= 0.3 is 0 Å². The number of H-pyrrole nitrogens is 1. The standard InChI is InChI=1S/C12H13ClN4/c13-9-6-16-12-8(4-5-15-12)10(9)11(17-14)7-2-1-3-7/h4-7,11,14H,1-3H2,(H,15,16). The third kappa shape index (κ3) is 1.63. The normalized spacial score (nSPS) is 17.9. The molecule has 1 fully saturated rings. The van der Waals surface area contributed by atoms with Gasteiger partial charge < -0.3 is 4.98 Å². The van der Waals surface area contributed by atoms with Crippen molar-refractivity contribution in [3.05, 3.63) is 29.0 Å². The highest BCUT2D eigenvalue weighted by atomic mass is 35.5. The van der Waals surface area contributed by atoms with Gasteiger partial charge in [0.1, 0.15) is 11.7 Å². The minimum Gasteiger partial charge on any atom is -0.346 e. The summed E-state index contributed by atoms with van der Waals surface area (Å²) in [4.78, 5) is 7.30. The molecule has 0 amide bonds. The van der Waals surface area contributed by atoms with Crippen LogP contribution in [0, 0.1) is 11.4 Å². The number of halogens is 1. The van der Waals surface area contributed by atoms with Crippen molar-refractivity contribution in [3.63, 3.8) is 0 Å². The second kappa shape index (κ2) is 4.11. The maximum absolute atomic E-state index is 7.43. The first-order valence-electron chi connectivity index (χ1n) is 5.79. The van der Waals surface area contributed by atoms with Crippen LogP contribution >= 0.6 is 11.6 Å². The average Bonchev–Trinajstić information content (AvgIpc) is 2.72. The van der Waals surface area contributed by atoms with Gasteiger partial charge in [-0.05, 0) is 24.8 Å². The van der Waals surface area contributed by atoms with Crippen LogP contribution in [0.15, 0.2) is 23.6 Å². The van der Waals surface area contributed by atoms with Crippen LogP contribution in [0.1, 0.15) is 30.9 Å². The lowest BCUT2D eigenvalue weighted by Gasteiger charge is -2.31. The lowest BCUT2D eigenvalue weighted by atomic mass is 9.77. The fourth-order valence-electron chi connectivity index (χ4n) is 2.47. The highest BCUT2D eigenvalue weighted by Gasteiger charge is 2.31. The van der Waals surface area contributed by atoms with E-state index in [-0.39, 0.29) is 6.04 Å². The van der Waals surface area contributed by atoms with Crippen LogP contribution in [0.4, 0.5) is 0 Å². The molecule has 2 N–H and O–H groups in total. The van der Waals surface area contributed by atoms with E-state index in [0.717, 1.165) is 29.4 Å². The summed E-state index contributed by atoms with van der Waals surface area (Å²) in [7, 11) is 0. The summed E-state index contributed by atoms with van der Waals surface area (Å²) in [6.07, 6.45) is 7.00. The maximum atomic E-state index is 7.43. The zero-order valence-electron chi connectivity index (χ0n) is 9.28. The summed E-state index contributed by atoms with van der Waals surface area (Å²) in [6, 6.07) is 1.85. The Labute approximate surface area is 104 Å². The number of pyridine rings is 1. The molecule has 2 aromatic rings. The number of aromatic amines is 1. The number of nitrogens with one attached hydrogen (secondary N) is 2. The number of hydrogen-bond acceptors (Lipinski definition) is 3. The van der Waals surface area contributed by atoms with Crippen molar-refractivity contribution in [2.75, 3.05) is 0 Å². The quantitative estimate of drug-likeness (QED) is 0.790. The predicted octanol–water partition coefficient (Wildman–Crippen LogP) is 4.09. The molecule has 1 saturated carbocycles. The van der Waals surface area contributed by atoms with Gasteiger partial charge in [-0.25, -0.2) is 10.5 Å². The highest BCUT2D eigenvalue weighted by Crippen LogP contribution is 2.44. The van der Waals surface area contributed by atoms with Crippen LogP contribution in [0.25, 0.3) is 11.0 Å². The van der Waals surface area contributed by atoms with Crippen molar-refractivity contribution >= 4 is 22.6 Å². The molecule has 0 bridgehead atoms. The average molecular weight is 249 g/mol. The molecule has 0 aliphatic heterocycles. The first kappa shape index (κ1) is 10.7. The van der Waals surface area contributed by atoms with Crippen LogP contribution in [0.5, 0.6) is 0 Å². The molecule has 1 aliphatic rings. The van der Waals surface area contributed by atoms with E-state index in [9.17, 15) is 0 Å². The van der Waals surface area contributed by atoms with Crippen molar-refractivity contribution < 1.29 is 0 Å². The summed E-state index contributed by atoms with van der Waals surface area (Å²) >= 11 is 6.24. The molecule has 2 heterocycles. The first-order chi connectivity index (χ1) is 8.31. The molecule has 0 spiro atoms. The summed E-state index contributed by atoms with van der Waals surface area (Å²) < 4.78 is 0. The Balaban J connectivity index is 2.15. The molecule has 5 heteroatoms. The van der Waals surface area contributed by atoms with Gasteiger partial charge in [-0.15, -0.1) is 0 Å². The second-order valence-corrected chi connectivity index (χ2v) is 4.93. The summed E-state index contributed by atoms with van der Waals surface area (Å²) in [5.74, 6) is 0.463. The monoisotopic (exact) mass is 248 g/mol. The summed E-state index contributed by atoms with van der Waals surface area (Å²) in [5, 5.41) is 5.40. The van der Waals surface area contributed by atoms with Crippen LogP contribution in [0.3, 0.4) is 0 Å². The molecule has 0 radical (unpaired) electrons. The zero-order chi connectivity index (χ0) is 11.8. The first-order valence-corrected chi connectivity index (χ1v) is 6.17. The molecule has 17 heavy (non-hydrogen) atoms. The Kier molecular flexibility index (Phi) is 2.59. The molecule has 1 unspecified atom stereocenters. The third-order valence-electron chi connectivity index (χ3n) is 3.61. The second-order valence-electron chi connectivity index (χ2n) is 4.52. The van der Waals surface area contributed by atoms with Gasteiger partial charge in [0.25, 0.3) is 0 Å². The van der Waals surface area contributed by atoms with E-state index in [4.69, 9.17) is 17.1 Å². The molecule has 88 valence electrons. The minimum absolute atomic E-state index is 0.113. The SMILES string of the molecule is N=NC(c1c(Cl)cnc2[nH]ccc12)C1CCC1. The summed E-state index contributed by atoms with van der Waals surface area (Å²) in [6.45, 7) is 0. The van der Waals surface area contributed by atoms with E-state index < -0.39 is 0 Å². The summed E-state index contributed by atoms with van der Waals surface area (Å²) in [5.41, 5.74) is 9.20. The molecular weight excluding hydrogens is 236 g/mol. The van der Waals surface area contributed by atoms with Crippen molar-refractivity contribution in [1.29, 1.82) is 5.53 Å². The van der Waals surface area contributed by atoms with Gasteiger partial charge in [-0.3, -0.25) is 0 Å². The molecule has 2 aromatic heterocycles. The fraction of sp³-hybridized carbons (Fsp3) is 0.417. The van der Waals surface area contributed by atoms with Crippen molar-refractivity contribution in [1.82, 2.24) is 9.97 Å². The number of fused-ring (bicyclic) bond motifs is 1. The van der Waals surface area contributed by atoms with E-state index in [0.29, 0.717) is 10.9 Å². The molecular formula is C12H13ClN4. The molecule has 4 nitrogen and oxygen atoms in total. The smallest absolute Gasteiger partial charge is 0.137 e. The van der Waals surface area contributed by atoms with Crippen LogP contribution in [-0.2, 0) is 0 Å². The van der Waals surface area contributed by atoms with Gasteiger partial charge in [-0.1, -0.05) is 18.0 Å².